The first-order valence-electron chi connectivity index (χ1n) is 7.54. The highest BCUT2D eigenvalue weighted by Gasteiger charge is 2.20. The summed E-state index contributed by atoms with van der Waals surface area (Å²) < 4.78 is 10.7. The van der Waals surface area contributed by atoms with Crippen LogP contribution in [0.2, 0.25) is 0 Å². The highest BCUT2D eigenvalue weighted by Crippen LogP contribution is 2.40. The number of rotatable bonds is 3. The lowest BCUT2D eigenvalue weighted by Gasteiger charge is -2.12. The summed E-state index contributed by atoms with van der Waals surface area (Å²) in [6.07, 6.45) is 3.24. The van der Waals surface area contributed by atoms with Gasteiger partial charge in [-0.05, 0) is 35.9 Å². The molecular weight excluding hydrogens is 318 g/mol. The van der Waals surface area contributed by atoms with Gasteiger partial charge in [0.05, 0.1) is 30.6 Å². The molecule has 25 heavy (non-hydrogen) atoms. The SMILES string of the molecule is COc1cc(-c2cc3[nH]ncc3c(-c3ccco3)c2C#N)ccc1O. The second kappa shape index (κ2) is 5.73. The van der Waals surface area contributed by atoms with E-state index in [9.17, 15) is 10.4 Å². The molecule has 4 rings (SSSR count). The van der Waals surface area contributed by atoms with Crippen LogP contribution < -0.4 is 4.74 Å². The lowest BCUT2D eigenvalue weighted by Crippen LogP contribution is -1.92. The molecule has 0 radical (unpaired) electrons. The van der Waals surface area contributed by atoms with Crippen molar-refractivity contribution in [2.24, 2.45) is 0 Å². The van der Waals surface area contributed by atoms with Gasteiger partial charge in [-0.2, -0.15) is 10.4 Å². The predicted octanol–water partition coefficient (Wildman–Crippen LogP) is 4.08. The van der Waals surface area contributed by atoms with Crippen molar-refractivity contribution in [3.05, 3.63) is 54.4 Å². The van der Waals surface area contributed by atoms with Crippen LogP contribution >= 0.6 is 0 Å². The molecule has 2 aromatic carbocycles. The van der Waals surface area contributed by atoms with Gasteiger partial charge in [-0.1, -0.05) is 6.07 Å². The molecule has 2 heterocycles. The van der Waals surface area contributed by atoms with Gasteiger partial charge >= 0.3 is 0 Å². The maximum atomic E-state index is 9.83. The van der Waals surface area contributed by atoms with E-state index in [1.54, 1.807) is 36.7 Å². The number of benzene rings is 2. The average molecular weight is 331 g/mol. The number of aromatic hydroxyl groups is 1. The van der Waals surface area contributed by atoms with Gasteiger partial charge in [0.1, 0.15) is 11.8 Å². The first-order valence-corrected chi connectivity index (χ1v) is 7.54. The molecule has 0 aliphatic heterocycles. The molecule has 6 nitrogen and oxygen atoms in total. The fraction of sp³-hybridized carbons (Fsp3) is 0.0526. The molecule has 2 N–H and O–H groups in total. The van der Waals surface area contributed by atoms with Crippen molar-refractivity contribution in [1.29, 1.82) is 5.26 Å². The number of phenolic OH excluding ortho intramolecular Hbond substituents is 1. The summed E-state index contributed by atoms with van der Waals surface area (Å²) in [5.74, 6) is 0.972. The van der Waals surface area contributed by atoms with E-state index in [0.29, 0.717) is 28.2 Å². The Morgan fingerprint density at radius 2 is 2.16 bits per heavy atom. The maximum Gasteiger partial charge on any atom is 0.161 e. The van der Waals surface area contributed by atoms with E-state index in [1.165, 1.54) is 7.11 Å². The molecule has 6 heteroatoms. The summed E-state index contributed by atoms with van der Waals surface area (Å²) in [5, 5.41) is 27.5. The topological polar surface area (TPSA) is 95.1 Å². The van der Waals surface area contributed by atoms with E-state index in [2.05, 4.69) is 16.3 Å². The summed E-state index contributed by atoms with van der Waals surface area (Å²) in [7, 11) is 1.48. The Bertz CT molecular complexity index is 1110. The number of hydrogen-bond donors (Lipinski definition) is 2. The number of methoxy groups -OCH3 is 1. The van der Waals surface area contributed by atoms with Gasteiger partial charge in [0.15, 0.2) is 11.5 Å². The monoisotopic (exact) mass is 331 g/mol. The molecule has 0 saturated carbocycles. The van der Waals surface area contributed by atoms with E-state index in [-0.39, 0.29) is 5.75 Å². The number of hydrogen-bond acceptors (Lipinski definition) is 5. The van der Waals surface area contributed by atoms with Gasteiger partial charge in [-0.25, -0.2) is 0 Å². The van der Waals surface area contributed by atoms with Crippen molar-refractivity contribution < 1.29 is 14.3 Å². The third-order valence-electron chi connectivity index (χ3n) is 4.12. The zero-order valence-corrected chi connectivity index (χ0v) is 13.3. The number of nitrogens with one attached hydrogen (secondary N) is 1. The zero-order valence-electron chi connectivity index (χ0n) is 13.3. The van der Waals surface area contributed by atoms with Crippen LogP contribution in [0.4, 0.5) is 0 Å². The first kappa shape index (κ1) is 14.8. The minimum absolute atomic E-state index is 0.0404. The minimum atomic E-state index is 0.0404. The molecule has 122 valence electrons. The van der Waals surface area contributed by atoms with E-state index < -0.39 is 0 Å². The van der Waals surface area contributed by atoms with E-state index in [4.69, 9.17) is 9.15 Å². The molecule has 0 saturated heterocycles. The molecule has 0 bridgehead atoms. The van der Waals surface area contributed by atoms with Gasteiger partial charge in [-0.3, -0.25) is 5.10 Å². The van der Waals surface area contributed by atoms with Crippen LogP contribution in [0.15, 0.2) is 53.3 Å². The predicted molar refractivity (Wildman–Crippen MR) is 92.2 cm³/mol. The van der Waals surface area contributed by atoms with E-state index in [1.807, 2.05) is 12.1 Å². The molecule has 0 spiro atoms. The number of aromatic nitrogens is 2. The lowest BCUT2D eigenvalue weighted by molar-refractivity contribution is 0.373. The minimum Gasteiger partial charge on any atom is -0.504 e. The van der Waals surface area contributed by atoms with Crippen molar-refractivity contribution in [2.45, 2.75) is 0 Å². The van der Waals surface area contributed by atoms with E-state index >= 15 is 0 Å². The molecule has 4 aromatic rings. The number of aromatic amines is 1. The van der Waals surface area contributed by atoms with E-state index in [0.717, 1.165) is 16.5 Å². The lowest BCUT2D eigenvalue weighted by atomic mass is 9.92. The summed E-state index contributed by atoms with van der Waals surface area (Å²) in [6.45, 7) is 0. The fourth-order valence-corrected chi connectivity index (χ4v) is 2.96. The van der Waals surface area contributed by atoms with Crippen molar-refractivity contribution in [1.82, 2.24) is 10.2 Å². The number of phenols is 1. The number of nitrogens with zero attached hydrogens (tertiary/aromatic N) is 2. The third-order valence-corrected chi connectivity index (χ3v) is 4.12. The Balaban J connectivity index is 2.07. The van der Waals surface area contributed by atoms with Gasteiger partial charge in [0.2, 0.25) is 0 Å². The Morgan fingerprint density at radius 3 is 2.88 bits per heavy atom. The number of nitriles is 1. The summed E-state index contributed by atoms with van der Waals surface area (Å²) >= 11 is 0. The number of H-pyrrole nitrogens is 1. The summed E-state index contributed by atoms with van der Waals surface area (Å²) in [4.78, 5) is 0. The van der Waals surface area contributed by atoms with Crippen LogP contribution in [0.1, 0.15) is 5.56 Å². The molecule has 0 amide bonds. The fourth-order valence-electron chi connectivity index (χ4n) is 2.96. The van der Waals surface area contributed by atoms with Gasteiger partial charge < -0.3 is 14.3 Å². The van der Waals surface area contributed by atoms with Crippen molar-refractivity contribution in [2.75, 3.05) is 7.11 Å². The molecule has 0 unspecified atom stereocenters. The molecule has 0 fully saturated rings. The summed E-state index contributed by atoms with van der Waals surface area (Å²) in [5.41, 5.74) is 3.38. The van der Waals surface area contributed by atoms with Crippen molar-refractivity contribution in [3.8, 4) is 40.0 Å². The molecule has 0 atom stereocenters. The smallest absolute Gasteiger partial charge is 0.161 e. The molecule has 0 aliphatic carbocycles. The first-order chi connectivity index (χ1) is 12.2. The highest BCUT2D eigenvalue weighted by molar-refractivity contribution is 6.01. The van der Waals surface area contributed by atoms with Crippen LogP contribution in [-0.4, -0.2) is 22.4 Å². The zero-order chi connectivity index (χ0) is 17.4. The van der Waals surface area contributed by atoms with Crippen molar-refractivity contribution in [3.63, 3.8) is 0 Å². The second-order valence-corrected chi connectivity index (χ2v) is 5.48. The Hall–Kier alpha value is -3.72. The van der Waals surface area contributed by atoms with Crippen LogP contribution in [0, 0.1) is 11.3 Å². The molecule has 0 aliphatic rings. The van der Waals surface area contributed by atoms with Gasteiger partial charge in [0, 0.05) is 16.5 Å². The van der Waals surface area contributed by atoms with Crippen LogP contribution in [0.3, 0.4) is 0 Å². The molecule has 2 aromatic heterocycles. The van der Waals surface area contributed by atoms with Crippen LogP contribution in [0.5, 0.6) is 11.5 Å². The van der Waals surface area contributed by atoms with Crippen LogP contribution in [0.25, 0.3) is 33.4 Å². The highest BCUT2D eigenvalue weighted by atomic mass is 16.5. The van der Waals surface area contributed by atoms with Gasteiger partial charge in [0.25, 0.3) is 0 Å². The maximum absolute atomic E-state index is 9.83. The number of fused-ring (bicyclic) bond motifs is 1. The van der Waals surface area contributed by atoms with Crippen molar-refractivity contribution >= 4 is 10.9 Å². The quantitative estimate of drug-likeness (QED) is 0.590. The Kier molecular flexibility index (Phi) is 3.40. The average Bonchev–Trinajstić information content (AvgIpc) is 3.32. The van der Waals surface area contributed by atoms with Gasteiger partial charge in [-0.15, -0.1) is 0 Å². The number of ether oxygens (including phenoxy) is 1. The second-order valence-electron chi connectivity index (χ2n) is 5.48. The standard InChI is InChI=1S/C19H13N3O3/c1-24-18-7-11(4-5-16(18)23)12-8-15-14(10-21-22-15)19(13(12)9-20)17-3-2-6-25-17/h2-8,10,23H,1H3,(H,21,22). The van der Waals surface area contributed by atoms with Crippen LogP contribution in [-0.2, 0) is 0 Å². The Labute approximate surface area is 142 Å². The normalized spacial score (nSPS) is 10.7. The number of furan rings is 1. The Morgan fingerprint density at radius 1 is 1.28 bits per heavy atom. The summed E-state index contributed by atoms with van der Waals surface area (Å²) in [6, 6.07) is 12.7. The third kappa shape index (κ3) is 2.30. The largest absolute Gasteiger partial charge is 0.504 e. The molecular formula is C19H13N3O3.